The van der Waals surface area contributed by atoms with Crippen molar-refractivity contribution in [2.45, 2.75) is 6.92 Å². The normalized spacial score (nSPS) is 11.4. The summed E-state index contributed by atoms with van der Waals surface area (Å²) in [5.41, 5.74) is 3.37. The van der Waals surface area contributed by atoms with Crippen molar-refractivity contribution >= 4 is 33.4 Å². The number of benzene rings is 1. The van der Waals surface area contributed by atoms with Gasteiger partial charge in [-0.2, -0.15) is 0 Å². The Bertz CT molecular complexity index is 698. The Balaban J connectivity index is 2.72. The van der Waals surface area contributed by atoms with Crippen LogP contribution >= 0.6 is 11.6 Å². The van der Waals surface area contributed by atoms with E-state index in [4.69, 9.17) is 11.6 Å². The molecule has 0 aliphatic carbocycles. The highest BCUT2D eigenvalue weighted by atomic mass is 35.5. The second kappa shape index (κ2) is 3.22. The molecule has 0 bridgehead atoms. The number of aryl methyl sites for hydroxylation is 2. The third kappa shape index (κ3) is 1.11. The van der Waals surface area contributed by atoms with Crippen LogP contribution in [0.25, 0.3) is 21.8 Å². The monoisotopic (exact) mass is 230 g/mol. The van der Waals surface area contributed by atoms with Crippen molar-refractivity contribution < 1.29 is 0 Å². The number of halogens is 1. The van der Waals surface area contributed by atoms with Gasteiger partial charge in [0.1, 0.15) is 0 Å². The second-order valence-corrected chi connectivity index (χ2v) is 4.39. The fourth-order valence-electron chi connectivity index (χ4n) is 2.31. The molecule has 0 amide bonds. The molecule has 0 aliphatic heterocycles. The van der Waals surface area contributed by atoms with Crippen LogP contribution in [0.2, 0.25) is 5.15 Å². The molecular weight excluding hydrogens is 220 g/mol. The summed E-state index contributed by atoms with van der Waals surface area (Å²) in [5, 5.41) is 3.01. The average Bonchev–Trinajstić information content (AvgIpc) is 2.60. The fourth-order valence-corrected chi connectivity index (χ4v) is 2.58. The van der Waals surface area contributed by atoms with E-state index in [0.29, 0.717) is 5.15 Å². The van der Waals surface area contributed by atoms with Gasteiger partial charge in [0.25, 0.3) is 0 Å². The van der Waals surface area contributed by atoms with E-state index >= 15 is 0 Å². The van der Waals surface area contributed by atoms with E-state index in [9.17, 15) is 0 Å². The second-order valence-electron chi connectivity index (χ2n) is 4.03. The number of hydrogen-bond donors (Lipinski definition) is 0. The lowest BCUT2D eigenvalue weighted by Crippen LogP contribution is -1.89. The van der Waals surface area contributed by atoms with Gasteiger partial charge in [-0.05, 0) is 18.6 Å². The molecule has 0 atom stereocenters. The minimum atomic E-state index is 0.569. The number of hydrogen-bond acceptors (Lipinski definition) is 1. The van der Waals surface area contributed by atoms with E-state index < -0.39 is 0 Å². The summed E-state index contributed by atoms with van der Waals surface area (Å²) in [7, 11) is 2.03. The Morgan fingerprint density at radius 1 is 1.25 bits per heavy atom. The van der Waals surface area contributed by atoms with Crippen LogP contribution in [0, 0.1) is 6.92 Å². The van der Waals surface area contributed by atoms with Crippen molar-refractivity contribution in [3.8, 4) is 0 Å². The van der Waals surface area contributed by atoms with Gasteiger partial charge in [0, 0.05) is 29.5 Å². The summed E-state index contributed by atoms with van der Waals surface area (Å²) in [6.45, 7) is 2.07. The molecule has 0 N–H and O–H groups in total. The molecule has 2 nitrogen and oxygen atoms in total. The van der Waals surface area contributed by atoms with E-state index in [1.807, 2.05) is 19.3 Å². The Labute approximate surface area is 98.5 Å². The zero-order valence-electron chi connectivity index (χ0n) is 9.16. The quantitative estimate of drug-likeness (QED) is 0.539. The van der Waals surface area contributed by atoms with Crippen LogP contribution in [0.4, 0.5) is 0 Å². The van der Waals surface area contributed by atoms with Crippen LogP contribution in [0.1, 0.15) is 5.56 Å². The Kier molecular flexibility index (Phi) is 1.95. The molecule has 1 aromatic carbocycles. The maximum Gasteiger partial charge on any atom is 0.153 e. The number of para-hydroxylation sites is 1. The average molecular weight is 231 g/mol. The highest BCUT2D eigenvalue weighted by molar-refractivity contribution is 6.35. The molecule has 0 saturated carbocycles. The standard InChI is InChI=1S/C13H11ClN2/c1-8-7-15-13(14)12-11(8)9-5-3-4-6-10(9)16(12)2/h3-7H,1-2H3. The lowest BCUT2D eigenvalue weighted by atomic mass is 10.1. The Morgan fingerprint density at radius 3 is 2.81 bits per heavy atom. The van der Waals surface area contributed by atoms with Gasteiger partial charge >= 0.3 is 0 Å². The number of fused-ring (bicyclic) bond motifs is 3. The predicted molar refractivity (Wildman–Crippen MR) is 68.0 cm³/mol. The van der Waals surface area contributed by atoms with Gasteiger partial charge in [-0.15, -0.1) is 0 Å². The first-order chi connectivity index (χ1) is 7.70. The summed E-state index contributed by atoms with van der Waals surface area (Å²) in [6, 6.07) is 8.32. The van der Waals surface area contributed by atoms with Crippen molar-refractivity contribution in [2.75, 3.05) is 0 Å². The summed E-state index contributed by atoms with van der Waals surface area (Å²) in [6.07, 6.45) is 1.83. The van der Waals surface area contributed by atoms with Crippen molar-refractivity contribution in [1.82, 2.24) is 9.55 Å². The fraction of sp³-hybridized carbons (Fsp3) is 0.154. The van der Waals surface area contributed by atoms with Crippen LogP contribution in [0.15, 0.2) is 30.5 Å². The Hall–Kier alpha value is -1.54. The van der Waals surface area contributed by atoms with Crippen LogP contribution in [0.5, 0.6) is 0 Å². The van der Waals surface area contributed by atoms with Gasteiger partial charge < -0.3 is 4.57 Å². The highest BCUT2D eigenvalue weighted by Crippen LogP contribution is 2.33. The van der Waals surface area contributed by atoms with Gasteiger partial charge in [0.15, 0.2) is 5.15 Å². The molecule has 0 aliphatic rings. The van der Waals surface area contributed by atoms with E-state index in [1.54, 1.807) is 0 Å². The smallest absolute Gasteiger partial charge is 0.153 e. The first kappa shape index (κ1) is 9.67. The Morgan fingerprint density at radius 2 is 2.00 bits per heavy atom. The van der Waals surface area contributed by atoms with E-state index in [1.165, 1.54) is 16.3 Å². The van der Waals surface area contributed by atoms with Gasteiger partial charge in [-0.1, -0.05) is 29.8 Å². The van der Waals surface area contributed by atoms with Crippen molar-refractivity contribution in [3.05, 3.63) is 41.2 Å². The molecule has 3 aromatic rings. The van der Waals surface area contributed by atoms with Crippen LogP contribution in [-0.2, 0) is 7.05 Å². The van der Waals surface area contributed by atoms with Crippen molar-refractivity contribution in [1.29, 1.82) is 0 Å². The third-order valence-electron chi connectivity index (χ3n) is 3.07. The minimum absolute atomic E-state index is 0.569. The van der Waals surface area contributed by atoms with Crippen molar-refractivity contribution in [3.63, 3.8) is 0 Å². The van der Waals surface area contributed by atoms with E-state index in [2.05, 4.69) is 34.7 Å². The van der Waals surface area contributed by atoms with Gasteiger partial charge in [0.2, 0.25) is 0 Å². The van der Waals surface area contributed by atoms with E-state index in [-0.39, 0.29) is 0 Å². The molecule has 0 fully saturated rings. The minimum Gasteiger partial charge on any atom is -0.341 e. The number of nitrogens with zero attached hydrogens (tertiary/aromatic N) is 2. The van der Waals surface area contributed by atoms with Gasteiger partial charge in [-0.3, -0.25) is 0 Å². The zero-order chi connectivity index (χ0) is 11.3. The highest BCUT2D eigenvalue weighted by Gasteiger charge is 2.12. The number of aromatic nitrogens is 2. The zero-order valence-corrected chi connectivity index (χ0v) is 9.92. The van der Waals surface area contributed by atoms with Crippen LogP contribution in [0.3, 0.4) is 0 Å². The van der Waals surface area contributed by atoms with Crippen LogP contribution < -0.4 is 0 Å². The maximum absolute atomic E-state index is 6.17. The molecule has 0 unspecified atom stereocenters. The van der Waals surface area contributed by atoms with E-state index in [0.717, 1.165) is 11.1 Å². The molecule has 0 spiro atoms. The number of pyridine rings is 1. The predicted octanol–water partition coefficient (Wildman–Crippen LogP) is 3.69. The summed E-state index contributed by atoms with van der Waals surface area (Å²) in [5.74, 6) is 0. The molecule has 2 heterocycles. The third-order valence-corrected chi connectivity index (χ3v) is 3.34. The lowest BCUT2D eigenvalue weighted by molar-refractivity contribution is 1.01. The summed E-state index contributed by atoms with van der Waals surface area (Å²) < 4.78 is 2.10. The van der Waals surface area contributed by atoms with Crippen LogP contribution in [-0.4, -0.2) is 9.55 Å². The molecule has 80 valence electrons. The molecule has 3 heteroatoms. The molecule has 3 rings (SSSR count). The molecule has 2 aromatic heterocycles. The number of rotatable bonds is 0. The lowest BCUT2D eigenvalue weighted by Gasteiger charge is -2.00. The SMILES string of the molecule is Cc1cnc(Cl)c2c1c1ccccc1n2C. The summed E-state index contributed by atoms with van der Waals surface area (Å²) in [4.78, 5) is 4.21. The largest absolute Gasteiger partial charge is 0.341 e. The molecular formula is C13H11ClN2. The first-order valence-electron chi connectivity index (χ1n) is 5.18. The maximum atomic E-state index is 6.17. The topological polar surface area (TPSA) is 17.8 Å². The summed E-state index contributed by atoms with van der Waals surface area (Å²) >= 11 is 6.17. The molecule has 0 saturated heterocycles. The molecule has 0 radical (unpaired) electrons. The van der Waals surface area contributed by atoms with Gasteiger partial charge in [-0.25, -0.2) is 4.98 Å². The first-order valence-corrected chi connectivity index (χ1v) is 5.56. The molecule has 16 heavy (non-hydrogen) atoms. The van der Waals surface area contributed by atoms with Crippen molar-refractivity contribution in [2.24, 2.45) is 7.05 Å². The van der Waals surface area contributed by atoms with Gasteiger partial charge in [0.05, 0.1) is 5.52 Å².